The van der Waals surface area contributed by atoms with Crippen molar-refractivity contribution in [2.75, 3.05) is 11.4 Å². The van der Waals surface area contributed by atoms with Gasteiger partial charge in [0.15, 0.2) is 0 Å². The number of para-hydroxylation sites is 1. The zero-order valence-corrected chi connectivity index (χ0v) is 10.0. The fourth-order valence-electron chi connectivity index (χ4n) is 1.29. The van der Waals surface area contributed by atoms with Gasteiger partial charge in [0.1, 0.15) is 0 Å². The molecule has 5 heteroatoms. The highest BCUT2D eigenvalue weighted by Crippen LogP contribution is 2.12. The Morgan fingerprint density at radius 3 is 2.35 bits per heavy atom. The molecular formula is C12H17N3O2. The van der Waals surface area contributed by atoms with Gasteiger partial charge in [-0.2, -0.15) is 0 Å². The minimum atomic E-state index is -0.794. The summed E-state index contributed by atoms with van der Waals surface area (Å²) in [6, 6.07) is 7.28. The molecular weight excluding hydrogens is 218 g/mol. The molecule has 0 aliphatic rings. The average molecular weight is 235 g/mol. The summed E-state index contributed by atoms with van der Waals surface area (Å²) in [5.41, 5.74) is 5.66. The number of nitrogens with one attached hydrogen (secondary N) is 1. The molecule has 1 aromatic carbocycles. The van der Waals surface area contributed by atoms with Gasteiger partial charge in [-0.25, -0.2) is 14.5 Å². The zero-order valence-electron chi connectivity index (χ0n) is 10.0. The Balaban J connectivity index is 2.80. The van der Waals surface area contributed by atoms with Crippen LogP contribution >= 0.6 is 0 Å². The topological polar surface area (TPSA) is 75.4 Å². The first kappa shape index (κ1) is 13.0. The minimum absolute atomic E-state index is 0.310. The quantitative estimate of drug-likeness (QED) is 0.840. The maximum atomic E-state index is 11.8. The van der Waals surface area contributed by atoms with E-state index < -0.39 is 12.1 Å². The van der Waals surface area contributed by atoms with Crippen molar-refractivity contribution in [3.05, 3.63) is 30.3 Å². The summed E-state index contributed by atoms with van der Waals surface area (Å²) in [6.45, 7) is 4.43. The average Bonchev–Trinajstić information content (AvgIpc) is 2.27. The van der Waals surface area contributed by atoms with Crippen LogP contribution in [0.4, 0.5) is 15.3 Å². The second kappa shape index (κ2) is 5.89. The fourth-order valence-corrected chi connectivity index (χ4v) is 1.29. The summed E-state index contributed by atoms with van der Waals surface area (Å²) >= 11 is 0. The third kappa shape index (κ3) is 3.79. The molecule has 0 fully saturated rings. The van der Waals surface area contributed by atoms with Crippen molar-refractivity contribution in [2.24, 2.45) is 11.7 Å². The molecule has 17 heavy (non-hydrogen) atoms. The lowest BCUT2D eigenvalue weighted by Gasteiger charge is -2.19. The number of rotatable bonds is 3. The van der Waals surface area contributed by atoms with E-state index in [1.807, 2.05) is 13.8 Å². The summed E-state index contributed by atoms with van der Waals surface area (Å²) < 4.78 is 0. The highest BCUT2D eigenvalue weighted by Gasteiger charge is 2.20. The van der Waals surface area contributed by atoms with Crippen LogP contribution in [0.2, 0.25) is 0 Å². The van der Waals surface area contributed by atoms with Gasteiger partial charge < -0.3 is 11.1 Å². The maximum absolute atomic E-state index is 11.8. The van der Waals surface area contributed by atoms with Gasteiger partial charge in [0.2, 0.25) is 0 Å². The molecule has 1 rings (SSSR count). The number of nitrogens with two attached hydrogens (primary N) is 1. The Bertz CT molecular complexity index is 390. The predicted octanol–water partition coefficient (Wildman–Crippen LogP) is 1.94. The standard InChI is InChI=1S/C12H17N3O2/c1-9(2)8-14-12(17)15(11(13)16)10-6-4-3-5-7-10/h3-7,9H,8H2,1-2H3,(H2,13,16)(H,14,17). The van der Waals surface area contributed by atoms with E-state index in [0.717, 1.165) is 4.90 Å². The predicted molar refractivity (Wildman–Crippen MR) is 66.7 cm³/mol. The van der Waals surface area contributed by atoms with E-state index >= 15 is 0 Å². The molecule has 1 aromatic rings. The van der Waals surface area contributed by atoms with Gasteiger partial charge in [-0.05, 0) is 18.1 Å². The molecule has 0 saturated heterocycles. The first-order chi connectivity index (χ1) is 8.02. The molecule has 0 atom stereocenters. The zero-order chi connectivity index (χ0) is 12.8. The van der Waals surface area contributed by atoms with Gasteiger partial charge in [-0.15, -0.1) is 0 Å². The van der Waals surface area contributed by atoms with E-state index in [1.54, 1.807) is 30.3 Å². The van der Waals surface area contributed by atoms with Crippen molar-refractivity contribution < 1.29 is 9.59 Å². The molecule has 0 bridgehead atoms. The van der Waals surface area contributed by atoms with Crippen LogP contribution in [0.1, 0.15) is 13.8 Å². The number of urea groups is 2. The van der Waals surface area contributed by atoms with Gasteiger partial charge in [0.25, 0.3) is 0 Å². The fraction of sp³-hybridized carbons (Fsp3) is 0.333. The molecule has 0 radical (unpaired) electrons. The highest BCUT2D eigenvalue weighted by atomic mass is 16.2. The Hall–Kier alpha value is -2.04. The van der Waals surface area contributed by atoms with E-state index in [9.17, 15) is 9.59 Å². The van der Waals surface area contributed by atoms with E-state index in [4.69, 9.17) is 5.73 Å². The van der Waals surface area contributed by atoms with Crippen LogP contribution in [-0.4, -0.2) is 18.6 Å². The molecule has 4 amide bonds. The van der Waals surface area contributed by atoms with E-state index in [-0.39, 0.29) is 0 Å². The second-order valence-corrected chi connectivity index (χ2v) is 4.09. The SMILES string of the molecule is CC(C)CNC(=O)N(C(N)=O)c1ccccc1. The van der Waals surface area contributed by atoms with Crippen molar-refractivity contribution >= 4 is 17.7 Å². The minimum Gasteiger partial charge on any atom is -0.351 e. The molecule has 3 N–H and O–H groups in total. The number of imide groups is 1. The van der Waals surface area contributed by atoms with Crippen LogP contribution < -0.4 is 16.0 Å². The van der Waals surface area contributed by atoms with Crippen LogP contribution in [0.5, 0.6) is 0 Å². The molecule has 0 aromatic heterocycles. The van der Waals surface area contributed by atoms with Gasteiger partial charge in [-0.3, -0.25) is 0 Å². The molecule has 0 heterocycles. The van der Waals surface area contributed by atoms with Gasteiger partial charge in [0, 0.05) is 6.54 Å². The number of benzene rings is 1. The Morgan fingerprint density at radius 2 is 1.88 bits per heavy atom. The summed E-state index contributed by atoms with van der Waals surface area (Å²) in [5.74, 6) is 0.310. The van der Waals surface area contributed by atoms with Crippen LogP contribution in [-0.2, 0) is 0 Å². The first-order valence-corrected chi connectivity index (χ1v) is 5.44. The maximum Gasteiger partial charge on any atom is 0.330 e. The third-order valence-electron chi connectivity index (χ3n) is 2.10. The number of hydrogen-bond acceptors (Lipinski definition) is 2. The molecule has 0 unspecified atom stereocenters. The van der Waals surface area contributed by atoms with Crippen LogP contribution in [0.3, 0.4) is 0 Å². The van der Waals surface area contributed by atoms with Gasteiger partial charge in [0.05, 0.1) is 5.69 Å². The highest BCUT2D eigenvalue weighted by molar-refractivity contribution is 6.12. The van der Waals surface area contributed by atoms with E-state index in [2.05, 4.69) is 5.32 Å². The summed E-state index contributed by atoms with van der Waals surface area (Å²) in [5, 5.41) is 2.65. The third-order valence-corrected chi connectivity index (χ3v) is 2.10. The van der Waals surface area contributed by atoms with Crippen molar-refractivity contribution in [3.63, 3.8) is 0 Å². The lowest BCUT2D eigenvalue weighted by Crippen LogP contribution is -2.47. The number of anilines is 1. The van der Waals surface area contributed by atoms with Gasteiger partial charge in [-0.1, -0.05) is 32.0 Å². The monoisotopic (exact) mass is 235 g/mol. The lowest BCUT2D eigenvalue weighted by atomic mass is 10.2. The Morgan fingerprint density at radius 1 is 1.29 bits per heavy atom. The van der Waals surface area contributed by atoms with Crippen molar-refractivity contribution in [3.8, 4) is 0 Å². The largest absolute Gasteiger partial charge is 0.351 e. The molecule has 0 aliphatic heterocycles. The number of carbonyl (C=O) groups excluding carboxylic acids is 2. The molecule has 0 spiro atoms. The van der Waals surface area contributed by atoms with Crippen molar-refractivity contribution in [1.29, 1.82) is 0 Å². The number of primary amides is 1. The number of amides is 4. The second-order valence-electron chi connectivity index (χ2n) is 4.09. The van der Waals surface area contributed by atoms with Gasteiger partial charge >= 0.3 is 12.1 Å². The van der Waals surface area contributed by atoms with Crippen molar-refractivity contribution in [2.45, 2.75) is 13.8 Å². The van der Waals surface area contributed by atoms with Crippen LogP contribution in [0, 0.1) is 5.92 Å². The normalized spacial score (nSPS) is 10.1. The summed E-state index contributed by atoms with van der Waals surface area (Å²) in [6.07, 6.45) is 0. The smallest absolute Gasteiger partial charge is 0.330 e. The number of hydrogen-bond donors (Lipinski definition) is 2. The van der Waals surface area contributed by atoms with Crippen molar-refractivity contribution in [1.82, 2.24) is 5.32 Å². The molecule has 0 aliphatic carbocycles. The summed E-state index contributed by atoms with van der Waals surface area (Å²) in [4.78, 5) is 24.0. The Labute approximate surface area is 101 Å². The first-order valence-electron chi connectivity index (χ1n) is 5.44. The van der Waals surface area contributed by atoms with Crippen LogP contribution in [0.15, 0.2) is 30.3 Å². The molecule has 5 nitrogen and oxygen atoms in total. The lowest BCUT2D eigenvalue weighted by molar-refractivity contribution is 0.237. The Kier molecular flexibility index (Phi) is 4.51. The number of carbonyl (C=O) groups is 2. The van der Waals surface area contributed by atoms with E-state index in [0.29, 0.717) is 18.2 Å². The molecule has 0 saturated carbocycles. The number of nitrogens with zero attached hydrogens (tertiary/aromatic N) is 1. The van der Waals surface area contributed by atoms with E-state index in [1.165, 1.54) is 0 Å². The van der Waals surface area contributed by atoms with Crippen LogP contribution in [0.25, 0.3) is 0 Å². The molecule has 92 valence electrons. The summed E-state index contributed by atoms with van der Waals surface area (Å²) in [7, 11) is 0.